The van der Waals surface area contributed by atoms with Crippen LogP contribution in [0.25, 0.3) is 0 Å². The summed E-state index contributed by atoms with van der Waals surface area (Å²) in [6, 6.07) is 10.8. The first-order chi connectivity index (χ1) is 13.4. The summed E-state index contributed by atoms with van der Waals surface area (Å²) in [5.74, 6) is -0.848. The second-order valence-electron chi connectivity index (χ2n) is 6.36. The molecule has 1 aliphatic rings. The number of halogens is 1. The zero-order chi connectivity index (χ0) is 20.1. The van der Waals surface area contributed by atoms with Crippen molar-refractivity contribution >= 4 is 34.8 Å². The molecule has 7 nitrogen and oxygen atoms in total. The Morgan fingerprint density at radius 3 is 2.54 bits per heavy atom. The Hall–Kier alpha value is -3.42. The monoisotopic (exact) mass is 385 g/mol. The van der Waals surface area contributed by atoms with Gasteiger partial charge >= 0.3 is 0 Å². The minimum atomic E-state index is -0.596. The maximum atomic E-state index is 13.6. The van der Waals surface area contributed by atoms with Crippen LogP contribution in [0.1, 0.15) is 19.8 Å². The molecule has 0 spiro atoms. The highest BCUT2D eigenvalue weighted by Gasteiger charge is 2.21. The number of anilines is 3. The number of nitrogens with zero attached hydrogens (tertiary/aromatic N) is 1. The lowest BCUT2D eigenvalue weighted by Gasteiger charge is -2.16. The largest absolute Gasteiger partial charge is 0.484 e. The fourth-order valence-corrected chi connectivity index (χ4v) is 2.88. The molecule has 0 unspecified atom stereocenters. The van der Waals surface area contributed by atoms with Gasteiger partial charge in [0, 0.05) is 31.3 Å². The zero-order valence-electron chi connectivity index (χ0n) is 15.3. The summed E-state index contributed by atoms with van der Waals surface area (Å²) >= 11 is 0. The van der Waals surface area contributed by atoms with E-state index in [1.165, 1.54) is 19.1 Å². The van der Waals surface area contributed by atoms with Gasteiger partial charge in [0.2, 0.25) is 11.8 Å². The Morgan fingerprint density at radius 1 is 1.14 bits per heavy atom. The molecule has 2 N–H and O–H groups in total. The Morgan fingerprint density at radius 2 is 1.89 bits per heavy atom. The van der Waals surface area contributed by atoms with E-state index in [1.54, 1.807) is 29.2 Å². The van der Waals surface area contributed by atoms with Gasteiger partial charge < -0.3 is 20.3 Å². The molecule has 0 aliphatic carbocycles. The molecule has 0 bridgehead atoms. The molecule has 146 valence electrons. The van der Waals surface area contributed by atoms with Crippen molar-refractivity contribution in [2.24, 2.45) is 0 Å². The standard InChI is InChI=1S/C20H20FN3O4/c1-13(25)22-18-11-14(4-9-17(18)21)23-19(26)12-28-16-7-5-15(6-8-16)24-10-2-3-20(24)27/h4-9,11H,2-3,10,12H2,1H3,(H,22,25)(H,23,26). The molecule has 3 rings (SSSR count). The molecular formula is C20H20FN3O4. The topological polar surface area (TPSA) is 87.7 Å². The summed E-state index contributed by atoms with van der Waals surface area (Å²) in [6.07, 6.45) is 1.41. The lowest BCUT2D eigenvalue weighted by Crippen LogP contribution is -2.23. The first kappa shape index (κ1) is 19.3. The Labute approximate surface area is 161 Å². The van der Waals surface area contributed by atoms with E-state index < -0.39 is 17.6 Å². The van der Waals surface area contributed by atoms with E-state index in [0.717, 1.165) is 18.2 Å². The average molecular weight is 385 g/mol. The van der Waals surface area contributed by atoms with Crippen LogP contribution in [-0.2, 0) is 14.4 Å². The van der Waals surface area contributed by atoms with Crippen molar-refractivity contribution in [3.05, 3.63) is 48.3 Å². The zero-order valence-corrected chi connectivity index (χ0v) is 15.3. The predicted molar refractivity (Wildman–Crippen MR) is 103 cm³/mol. The molecule has 2 aromatic rings. The minimum absolute atomic E-state index is 0.0155. The number of amides is 3. The van der Waals surface area contributed by atoms with Crippen LogP contribution in [-0.4, -0.2) is 30.9 Å². The van der Waals surface area contributed by atoms with Gasteiger partial charge in [0.15, 0.2) is 6.61 Å². The quantitative estimate of drug-likeness (QED) is 0.800. The highest BCUT2D eigenvalue weighted by Crippen LogP contribution is 2.24. The lowest BCUT2D eigenvalue weighted by molar-refractivity contribution is -0.118. The van der Waals surface area contributed by atoms with Gasteiger partial charge in [-0.2, -0.15) is 0 Å². The number of nitrogens with one attached hydrogen (secondary N) is 2. The van der Waals surface area contributed by atoms with Crippen molar-refractivity contribution in [1.82, 2.24) is 0 Å². The van der Waals surface area contributed by atoms with Gasteiger partial charge in [-0.05, 0) is 48.9 Å². The van der Waals surface area contributed by atoms with E-state index >= 15 is 0 Å². The van der Waals surface area contributed by atoms with Gasteiger partial charge in [0.05, 0.1) is 5.69 Å². The van der Waals surface area contributed by atoms with Crippen LogP contribution >= 0.6 is 0 Å². The third-order valence-corrected chi connectivity index (χ3v) is 4.15. The predicted octanol–water partition coefficient (Wildman–Crippen LogP) is 2.93. The van der Waals surface area contributed by atoms with E-state index in [4.69, 9.17) is 4.74 Å². The van der Waals surface area contributed by atoms with Crippen LogP contribution in [0.3, 0.4) is 0 Å². The number of hydrogen-bond donors (Lipinski definition) is 2. The Kier molecular flexibility index (Phi) is 5.88. The third-order valence-electron chi connectivity index (χ3n) is 4.15. The molecule has 2 aromatic carbocycles. The molecule has 0 aromatic heterocycles. The van der Waals surface area contributed by atoms with Crippen molar-refractivity contribution < 1.29 is 23.5 Å². The van der Waals surface area contributed by atoms with E-state index in [1.807, 2.05) is 0 Å². The molecule has 0 saturated carbocycles. The molecule has 0 radical (unpaired) electrons. The summed E-state index contributed by atoms with van der Waals surface area (Å²) in [4.78, 5) is 36.6. The number of rotatable bonds is 6. The van der Waals surface area contributed by atoms with Crippen molar-refractivity contribution in [1.29, 1.82) is 0 Å². The second kappa shape index (κ2) is 8.51. The van der Waals surface area contributed by atoms with E-state index in [0.29, 0.717) is 24.4 Å². The van der Waals surface area contributed by atoms with Crippen LogP contribution in [0.15, 0.2) is 42.5 Å². The first-order valence-electron chi connectivity index (χ1n) is 8.82. The number of ether oxygens (including phenoxy) is 1. The van der Waals surface area contributed by atoms with E-state index in [2.05, 4.69) is 10.6 Å². The van der Waals surface area contributed by atoms with Gasteiger partial charge in [-0.1, -0.05) is 0 Å². The maximum absolute atomic E-state index is 13.6. The average Bonchev–Trinajstić information content (AvgIpc) is 3.09. The lowest BCUT2D eigenvalue weighted by atomic mass is 10.2. The van der Waals surface area contributed by atoms with Crippen molar-refractivity contribution in [2.75, 3.05) is 28.7 Å². The maximum Gasteiger partial charge on any atom is 0.262 e. The first-order valence-corrected chi connectivity index (χ1v) is 8.82. The van der Waals surface area contributed by atoms with Crippen molar-refractivity contribution in [3.8, 4) is 5.75 Å². The highest BCUT2D eigenvalue weighted by atomic mass is 19.1. The summed E-state index contributed by atoms with van der Waals surface area (Å²) in [6.45, 7) is 1.73. The molecule has 3 amide bonds. The second-order valence-corrected chi connectivity index (χ2v) is 6.36. The Balaban J connectivity index is 1.54. The molecule has 28 heavy (non-hydrogen) atoms. The molecule has 8 heteroatoms. The summed E-state index contributed by atoms with van der Waals surface area (Å²) in [5.41, 5.74) is 1.12. The molecule has 1 fully saturated rings. The van der Waals surface area contributed by atoms with Gasteiger partial charge in [-0.15, -0.1) is 0 Å². The molecular weight excluding hydrogens is 365 g/mol. The molecule has 1 aliphatic heterocycles. The van der Waals surface area contributed by atoms with Gasteiger partial charge in [0.25, 0.3) is 5.91 Å². The molecule has 0 atom stereocenters. The van der Waals surface area contributed by atoms with E-state index in [9.17, 15) is 18.8 Å². The normalized spacial score (nSPS) is 13.4. The minimum Gasteiger partial charge on any atom is -0.484 e. The molecule has 1 saturated heterocycles. The summed E-state index contributed by atoms with van der Waals surface area (Å²) in [5, 5.41) is 4.93. The highest BCUT2D eigenvalue weighted by molar-refractivity contribution is 5.95. The van der Waals surface area contributed by atoms with Gasteiger partial charge in [0.1, 0.15) is 11.6 Å². The number of benzene rings is 2. The van der Waals surface area contributed by atoms with Crippen molar-refractivity contribution in [2.45, 2.75) is 19.8 Å². The number of hydrogen-bond acceptors (Lipinski definition) is 4. The van der Waals surface area contributed by atoms with Crippen LogP contribution < -0.4 is 20.3 Å². The van der Waals surface area contributed by atoms with E-state index in [-0.39, 0.29) is 18.2 Å². The van der Waals surface area contributed by atoms with Gasteiger partial charge in [-0.25, -0.2) is 4.39 Å². The fraction of sp³-hybridized carbons (Fsp3) is 0.250. The van der Waals surface area contributed by atoms with Crippen LogP contribution in [0.4, 0.5) is 21.5 Å². The fourth-order valence-electron chi connectivity index (χ4n) is 2.88. The van der Waals surface area contributed by atoms with Crippen molar-refractivity contribution in [3.63, 3.8) is 0 Å². The Bertz CT molecular complexity index is 899. The SMILES string of the molecule is CC(=O)Nc1cc(NC(=O)COc2ccc(N3CCCC3=O)cc2)ccc1F. The van der Waals surface area contributed by atoms with Crippen LogP contribution in [0, 0.1) is 5.82 Å². The summed E-state index contributed by atoms with van der Waals surface area (Å²) in [7, 11) is 0. The number of carbonyl (C=O) groups excluding carboxylic acids is 3. The smallest absolute Gasteiger partial charge is 0.262 e. The van der Waals surface area contributed by atoms with Crippen LogP contribution in [0.5, 0.6) is 5.75 Å². The number of carbonyl (C=O) groups is 3. The van der Waals surface area contributed by atoms with Gasteiger partial charge in [-0.3, -0.25) is 14.4 Å². The molecule has 1 heterocycles. The summed E-state index contributed by atoms with van der Waals surface area (Å²) < 4.78 is 19.1. The van der Waals surface area contributed by atoms with Crippen LogP contribution in [0.2, 0.25) is 0 Å². The third kappa shape index (κ3) is 4.85.